The monoisotopic (exact) mass is 522 g/mol. The smallest absolute Gasteiger partial charge is 2.00 e. The van der Waals surface area contributed by atoms with Crippen molar-refractivity contribution in [1.29, 1.82) is 0 Å². The quantitative estimate of drug-likeness (QED) is 0.391. The van der Waals surface area contributed by atoms with E-state index in [9.17, 15) is 0 Å². The van der Waals surface area contributed by atoms with Crippen LogP contribution in [0.5, 0.6) is 0 Å². The molecule has 0 saturated carbocycles. The zero-order valence-electron chi connectivity index (χ0n) is 2.34. The molecule has 0 atom stereocenters. The van der Waals surface area contributed by atoms with Crippen molar-refractivity contribution in [2.24, 2.45) is 0 Å². The molecule has 0 rings (SSSR count). The van der Waals surface area contributed by atoms with Crippen LogP contribution in [0.15, 0.2) is 0 Å². The van der Waals surface area contributed by atoms with E-state index in [0.29, 0.717) is 0 Å². The molecule has 6 heavy (non-hydrogen) atoms. The van der Waals surface area contributed by atoms with E-state index in [4.69, 9.17) is 0 Å². The van der Waals surface area contributed by atoms with Gasteiger partial charge in [0.25, 0.3) is 0 Å². The van der Waals surface area contributed by atoms with E-state index in [0.717, 1.165) is 0 Å². The largest absolute Gasteiger partial charge is 6.00 e. The summed E-state index contributed by atoms with van der Waals surface area (Å²) in [6.45, 7) is 0. The van der Waals surface area contributed by atoms with Gasteiger partial charge in [-0.3, -0.25) is 0 Å². The molecule has 0 fully saturated rings. The minimum absolute atomic E-state index is 0. The van der Waals surface area contributed by atoms with Gasteiger partial charge in [0.2, 0.25) is 0 Å². The van der Waals surface area contributed by atoms with Gasteiger partial charge in [0.15, 0.2) is 0 Å². The Morgan fingerprint density at radius 1 is 0.667 bits per heavy atom. The normalized spacial score (nSPS) is 0. The molecule has 3 nitrogen and oxygen atoms in total. The molecule has 0 heterocycles. The number of hydrogen-bond acceptors (Lipinski definition) is 0. The Bertz CT molecular complexity index is 10.8. The van der Waals surface area contributed by atoms with Crippen molar-refractivity contribution in [3.8, 4) is 0 Å². The second-order valence-corrected chi connectivity index (χ2v) is 0. The van der Waals surface area contributed by atoms with Crippen LogP contribution in [-0.4, -0.2) is 0 Å². The third-order valence-electron chi connectivity index (χ3n) is 0. The molecule has 0 aromatic carbocycles. The van der Waals surface area contributed by atoms with Gasteiger partial charge in [0.1, 0.15) is 0 Å². The summed E-state index contributed by atoms with van der Waals surface area (Å²) in [5, 5.41) is 0. The van der Waals surface area contributed by atoms with E-state index in [1.807, 2.05) is 0 Å². The fraction of sp³-hybridized carbons (Fsp3) is 0. The Labute approximate surface area is 76.9 Å². The maximum absolute atomic E-state index is 0. The molecule has 0 aliphatic heterocycles. The molecule has 0 N–H and O–H groups in total. The molecule has 0 aromatic rings. The first-order valence-electron chi connectivity index (χ1n) is 0. The van der Waals surface area contributed by atoms with Gasteiger partial charge in [-0.15, -0.1) is 0 Å². The standard InChI is InChI=1S/3O.Re.Rh.W/q3*-2;;;+6. The summed E-state index contributed by atoms with van der Waals surface area (Å²) in [7, 11) is 0. The molecule has 2 radical (unpaired) electrons. The van der Waals surface area contributed by atoms with Crippen LogP contribution in [0.25, 0.3) is 0 Å². The molecule has 0 saturated heterocycles. The minimum Gasteiger partial charge on any atom is -2.00 e. The predicted octanol–water partition coefficient (Wildman–Crippen LogP) is -0.364. The van der Waals surface area contributed by atoms with Gasteiger partial charge in [-0.2, -0.15) is 0 Å². The fourth-order valence-corrected chi connectivity index (χ4v) is 0. The average Bonchev–Trinajstić information content (AvgIpc) is 0. The zero-order chi connectivity index (χ0) is 0. The molecule has 0 aliphatic rings. The molecule has 0 bridgehead atoms. The molecule has 40 valence electrons. The summed E-state index contributed by atoms with van der Waals surface area (Å²) in [4.78, 5) is 0. The van der Waals surface area contributed by atoms with E-state index >= 15 is 0 Å². The van der Waals surface area contributed by atoms with E-state index in [2.05, 4.69) is 0 Å². The SMILES string of the molecule is [O-2].[O-2].[O-2].[Re].[Rh].[W+6]. The van der Waals surface area contributed by atoms with E-state index in [-0.39, 0.29) is 77.4 Å². The Morgan fingerprint density at radius 2 is 0.667 bits per heavy atom. The van der Waals surface area contributed by atoms with Gasteiger partial charge in [0, 0.05) is 39.9 Å². The van der Waals surface area contributed by atoms with Crippen LogP contribution in [0.2, 0.25) is 0 Å². The van der Waals surface area contributed by atoms with Crippen LogP contribution in [0, 0.1) is 0 Å². The van der Waals surface area contributed by atoms with Crippen molar-refractivity contribution in [1.82, 2.24) is 0 Å². The summed E-state index contributed by atoms with van der Waals surface area (Å²) in [6, 6.07) is 0. The van der Waals surface area contributed by atoms with Gasteiger partial charge in [-0.25, -0.2) is 0 Å². The van der Waals surface area contributed by atoms with Crippen molar-refractivity contribution >= 4 is 0 Å². The van der Waals surface area contributed by atoms with Crippen molar-refractivity contribution in [2.45, 2.75) is 0 Å². The molecule has 6 heteroatoms. The third-order valence-corrected chi connectivity index (χ3v) is 0. The van der Waals surface area contributed by atoms with Crippen LogP contribution in [0.4, 0.5) is 0 Å². The molecule has 0 aliphatic carbocycles. The summed E-state index contributed by atoms with van der Waals surface area (Å²) in [6.07, 6.45) is 0. The summed E-state index contributed by atoms with van der Waals surface area (Å²) in [5.41, 5.74) is 0. The molecule has 0 unspecified atom stereocenters. The molecular formula is O3ReRhW. The summed E-state index contributed by atoms with van der Waals surface area (Å²) >= 11 is 0. The van der Waals surface area contributed by atoms with E-state index < -0.39 is 0 Å². The zero-order valence-corrected chi connectivity index (χ0v) is 9.63. The maximum atomic E-state index is 0. The Hall–Kier alpha value is 1.85. The third kappa shape index (κ3) is 40.1. The second kappa shape index (κ2) is 68.3. The summed E-state index contributed by atoms with van der Waals surface area (Å²) in [5.74, 6) is 0. The van der Waals surface area contributed by atoms with Crippen molar-refractivity contribution in [3.05, 3.63) is 0 Å². The van der Waals surface area contributed by atoms with Gasteiger partial charge in [0.05, 0.1) is 0 Å². The van der Waals surface area contributed by atoms with Gasteiger partial charge < -0.3 is 16.4 Å². The van der Waals surface area contributed by atoms with Crippen molar-refractivity contribution < 1.29 is 77.4 Å². The number of hydrogen-bond donors (Lipinski definition) is 0. The average molecular weight is 521 g/mol. The Balaban J connectivity index is 0. The van der Waals surface area contributed by atoms with E-state index in [1.54, 1.807) is 0 Å². The van der Waals surface area contributed by atoms with Crippen LogP contribution in [-0.2, 0) is 77.4 Å². The first-order chi connectivity index (χ1) is 0. The van der Waals surface area contributed by atoms with Crippen molar-refractivity contribution in [2.75, 3.05) is 0 Å². The molecule has 0 spiro atoms. The second-order valence-electron chi connectivity index (χ2n) is 0. The molecule has 0 amide bonds. The van der Waals surface area contributed by atoms with Crippen LogP contribution in [0.1, 0.15) is 0 Å². The summed E-state index contributed by atoms with van der Waals surface area (Å²) < 4.78 is 0. The molecular weight excluding hydrogens is 521 g/mol. The fourth-order valence-electron chi connectivity index (χ4n) is 0. The Kier molecular flexibility index (Phi) is 1220. The van der Waals surface area contributed by atoms with Gasteiger partial charge in [-0.05, 0) is 0 Å². The van der Waals surface area contributed by atoms with Crippen molar-refractivity contribution in [3.63, 3.8) is 0 Å². The first kappa shape index (κ1) is 107. The van der Waals surface area contributed by atoms with Crippen LogP contribution >= 0.6 is 0 Å². The molecule has 0 aromatic heterocycles. The predicted molar refractivity (Wildman–Crippen MR) is 2.06 cm³/mol. The van der Waals surface area contributed by atoms with Gasteiger partial charge in [-0.1, -0.05) is 0 Å². The van der Waals surface area contributed by atoms with Crippen LogP contribution < -0.4 is 0 Å². The first-order valence-corrected chi connectivity index (χ1v) is 0. The van der Waals surface area contributed by atoms with E-state index in [1.165, 1.54) is 0 Å². The number of rotatable bonds is 0. The maximum Gasteiger partial charge on any atom is 6.00 e. The topological polar surface area (TPSA) is 85.5 Å². The van der Waals surface area contributed by atoms with Gasteiger partial charge >= 0.3 is 21.1 Å². The van der Waals surface area contributed by atoms with Crippen LogP contribution in [0.3, 0.4) is 0 Å². The Morgan fingerprint density at radius 3 is 0.667 bits per heavy atom. The minimum atomic E-state index is 0.